The fourth-order valence-electron chi connectivity index (χ4n) is 3.16. The number of hydrogen-bond acceptors (Lipinski definition) is 6. The molecule has 6 nitrogen and oxygen atoms in total. The van der Waals surface area contributed by atoms with Gasteiger partial charge in [-0.1, -0.05) is 53.9 Å². The number of amides is 1. The lowest BCUT2D eigenvalue weighted by atomic mass is 10.2. The molecule has 0 aliphatic heterocycles. The standard InChI is InChI=1S/C23H18F2N4O2S2/c24-22(25)33-19-10-4-3-9-18(19)27-20(30)14-32-23-28-17-8-2-1-7-16(17)21(31)29(23)13-15-6-5-11-26-12-15/h1-12,22H,13-14H2,(H,27,30). The third-order valence-corrected chi connectivity index (χ3v) is 6.36. The molecule has 0 aliphatic carbocycles. The molecule has 33 heavy (non-hydrogen) atoms. The third kappa shape index (κ3) is 5.77. The van der Waals surface area contributed by atoms with Gasteiger partial charge in [-0.3, -0.25) is 19.1 Å². The number of para-hydroxylation sites is 2. The molecule has 0 saturated heterocycles. The van der Waals surface area contributed by atoms with Crippen molar-refractivity contribution in [3.63, 3.8) is 0 Å². The van der Waals surface area contributed by atoms with E-state index in [9.17, 15) is 18.4 Å². The van der Waals surface area contributed by atoms with Crippen LogP contribution in [0.2, 0.25) is 0 Å². The van der Waals surface area contributed by atoms with Crippen LogP contribution in [0, 0.1) is 0 Å². The number of thioether (sulfide) groups is 2. The predicted octanol–water partition coefficient (Wildman–Crippen LogP) is 4.89. The van der Waals surface area contributed by atoms with Crippen LogP contribution in [0.4, 0.5) is 14.5 Å². The average molecular weight is 485 g/mol. The van der Waals surface area contributed by atoms with E-state index in [2.05, 4.69) is 15.3 Å². The van der Waals surface area contributed by atoms with Gasteiger partial charge in [0.05, 0.1) is 28.9 Å². The Morgan fingerprint density at radius 3 is 2.64 bits per heavy atom. The van der Waals surface area contributed by atoms with Crippen molar-refractivity contribution >= 4 is 46.0 Å². The van der Waals surface area contributed by atoms with Gasteiger partial charge in [0.2, 0.25) is 5.91 Å². The van der Waals surface area contributed by atoms with Crippen molar-refractivity contribution < 1.29 is 13.6 Å². The summed E-state index contributed by atoms with van der Waals surface area (Å²) in [6.45, 7) is 0.252. The second-order valence-electron chi connectivity index (χ2n) is 6.88. The number of pyridine rings is 1. The van der Waals surface area contributed by atoms with Crippen molar-refractivity contribution in [2.24, 2.45) is 0 Å². The molecule has 1 amide bonds. The minimum Gasteiger partial charge on any atom is -0.324 e. The quantitative estimate of drug-likeness (QED) is 0.284. The van der Waals surface area contributed by atoms with Gasteiger partial charge in [-0.25, -0.2) is 4.98 Å². The molecule has 0 fully saturated rings. The number of aromatic nitrogens is 3. The maximum atomic E-state index is 13.2. The number of carbonyl (C=O) groups excluding carboxylic acids is 1. The van der Waals surface area contributed by atoms with Gasteiger partial charge >= 0.3 is 0 Å². The summed E-state index contributed by atoms with van der Waals surface area (Å²) in [6.07, 6.45) is 3.31. The van der Waals surface area contributed by atoms with Gasteiger partial charge in [-0.05, 0) is 35.9 Å². The van der Waals surface area contributed by atoms with E-state index in [1.54, 1.807) is 60.9 Å². The molecule has 10 heteroatoms. The van der Waals surface area contributed by atoms with Gasteiger partial charge in [0.1, 0.15) is 0 Å². The SMILES string of the molecule is O=C(CSc1nc2ccccc2c(=O)n1Cc1cccnc1)Nc1ccccc1SC(F)F. The van der Waals surface area contributed by atoms with Gasteiger partial charge in [0.25, 0.3) is 11.3 Å². The maximum absolute atomic E-state index is 13.2. The highest BCUT2D eigenvalue weighted by Gasteiger charge is 2.15. The van der Waals surface area contributed by atoms with Gasteiger partial charge in [-0.15, -0.1) is 0 Å². The summed E-state index contributed by atoms with van der Waals surface area (Å²) in [7, 11) is 0. The molecule has 0 radical (unpaired) electrons. The smallest absolute Gasteiger partial charge is 0.288 e. The van der Waals surface area contributed by atoms with Crippen LogP contribution in [0.25, 0.3) is 10.9 Å². The maximum Gasteiger partial charge on any atom is 0.288 e. The summed E-state index contributed by atoms with van der Waals surface area (Å²) in [6, 6.07) is 17.0. The number of nitrogens with zero attached hydrogens (tertiary/aromatic N) is 3. The van der Waals surface area contributed by atoms with Crippen LogP contribution in [-0.2, 0) is 11.3 Å². The summed E-state index contributed by atoms with van der Waals surface area (Å²) in [5.41, 5.74) is 1.45. The molecule has 1 N–H and O–H groups in total. The fourth-order valence-corrected chi connectivity index (χ4v) is 4.55. The molecule has 2 heterocycles. The second-order valence-corrected chi connectivity index (χ2v) is 8.85. The Hall–Kier alpha value is -3.24. The van der Waals surface area contributed by atoms with Crippen LogP contribution in [-0.4, -0.2) is 32.0 Å². The zero-order valence-corrected chi connectivity index (χ0v) is 18.8. The van der Waals surface area contributed by atoms with E-state index in [4.69, 9.17) is 0 Å². The molecule has 0 atom stereocenters. The Bertz CT molecular complexity index is 1330. The molecule has 0 aliphatic rings. The highest BCUT2D eigenvalue weighted by Crippen LogP contribution is 2.31. The van der Waals surface area contributed by atoms with Crippen molar-refractivity contribution in [2.75, 3.05) is 11.1 Å². The number of hydrogen-bond donors (Lipinski definition) is 1. The van der Waals surface area contributed by atoms with Crippen LogP contribution in [0.15, 0.2) is 87.9 Å². The highest BCUT2D eigenvalue weighted by atomic mass is 32.2. The monoisotopic (exact) mass is 484 g/mol. The zero-order chi connectivity index (χ0) is 23.2. The Morgan fingerprint density at radius 1 is 1.06 bits per heavy atom. The first-order chi connectivity index (χ1) is 16.0. The molecule has 0 saturated carbocycles. The Labute approximate surface area is 196 Å². The van der Waals surface area contributed by atoms with Crippen molar-refractivity contribution in [1.82, 2.24) is 14.5 Å². The Morgan fingerprint density at radius 2 is 1.85 bits per heavy atom. The van der Waals surface area contributed by atoms with Crippen LogP contribution in [0.5, 0.6) is 0 Å². The number of fused-ring (bicyclic) bond motifs is 1. The van der Waals surface area contributed by atoms with E-state index in [0.717, 1.165) is 17.3 Å². The van der Waals surface area contributed by atoms with E-state index < -0.39 is 11.7 Å². The zero-order valence-electron chi connectivity index (χ0n) is 17.2. The van der Waals surface area contributed by atoms with Gasteiger partial charge in [0, 0.05) is 17.3 Å². The van der Waals surface area contributed by atoms with Gasteiger partial charge in [0.15, 0.2) is 5.16 Å². The molecular weight excluding hydrogens is 466 g/mol. The topological polar surface area (TPSA) is 76.9 Å². The number of benzene rings is 2. The minimum absolute atomic E-state index is 0.0501. The summed E-state index contributed by atoms with van der Waals surface area (Å²) < 4.78 is 27.1. The van der Waals surface area contributed by atoms with E-state index in [-0.39, 0.29) is 22.8 Å². The molecule has 0 spiro atoms. The van der Waals surface area contributed by atoms with Crippen molar-refractivity contribution in [3.05, 3.63) is 89.0 Å². The first kappa shape index (κ1) is 22.9. The number of alkyl halides is 2. The van der Waals surface area contributed by atoms with Gasteiger partial charge < -0.3 is 5.32 Å². The number of carbonyl (C=O) groups is 1. The molecule has 0 bridgehead atoms. The van der Waals surface area contributed by atoms with Crippen LogP contribution in [0.3, 0.4) is 0 Å². The lowest BCUT2D eigenvalue weighted by molar-refractivity contribution is -0.113. The summed E-state index contributed by atoms with van der Waals surface area (Å²) >= 11 is 1.48. The van der Waals surface area contributed by atoms with Gasteiger partial charge in [-0.2, -0.15) is 8.78 Å². The first-order valence-corrected chi connectivity index (χ1v) is 11.7. The molecule has 4 aromatic rings. The normalized spacial score (nSPS) is 11.1. The largest absolute Gasteiger partial charge is 0.324 e. The van der Waals surface area contributed by atoms with E-state index in [0.29, 0.717) is 33.5 Å². The first-order valence-electron chi connectivity index (χ1n) is 9.86. The average Bonchev–Trinajstić information content (AvgIpc) is 2.81. The predicted molar refractivity (Wildman–Crippen MR) is 127 cm³/mol. The molecule has 4 rings (SSSR count). The number of halogens is 2. The summed E-state index contributed by atoms with van der Waals surface area (Å²) in [5.74, 6) is -3.04. The third-order valence-electron chi connectivity index (χ3n) is 4.60. The van der Waals surface area contributed by atoms with E-state index in [1.165, 1.54) is 10.6 Å². The molecule has 2 aromatic heterocycles. The Balaban J connectivity index is 1.57. The van der Waals surface area contributed by atoms with Crippen molar-refractivity contribution in [3.8, 4) is 0 Å². The van der Waals surface area contributed by atoms with Crippen LogP contribution < -0.4 is 10.9 Å². The lowest BCUT2D eigenvalue weighted by Crippen LogP contribution is -2.25. The number of anilines is 1. The Kier molecular flexibility index (Phi) is 7.36. The fraction of sp³-hybridized carbons (Fsp3) is 0.130. The summed E-state index contributed by atoms with van der Waals surface area (Å²) in [4.78, 5) is 34.7. The molecule has 2 aromatic carbocycles. The van der Waals surface area contributed by atoms with E-state index >= 15 is 0 Å². The van der Waals surface area contributed by atoms with Crippen LogP contribution in [0.1, 0.15) is 5.56 Å². The number of rotatable bonds is 8. The molecular formula is C23H18F2N4O2S2. The molecule has 168 valence electrons. The second kappa shape index (κ2) is 10.6. The van der Waals surface area contributed by atoms with E-state index in [1.807, 2.05) is 6.07 Å². The highest BCUT2D eigenvalue weighted by molar-refractivity contribution is 8.00. The lowest BCUT2D eigenvalue weighted by Gasteiger charge is -2.14. The number of nitrogens with one attached hydrogen (secondary N) is 1. The van der Waals surface area contributed by atoms with Crippen molar-refractivity contribution in [1.29, 1.82) is 0 Å². The van der Waals surface area contributed by atoms with Crippen molar-refractivity contribution in [2.45, 2.75) is 22.4 Å². The summed E-state index contributed by atoms with van der Waals surface area (Å²) in [5, 5.41) is 3.53. The minimum atomic E-state index is -2.60. The van der Waals surface area contributed by atoms with Crippen LogP contribution >= 0.6 is 23.5 Å². The molecule has 0 unspecified atom stereocenters.